The molecule has 0 spiro atoms. The van der Waals surface area contributed by atoms with E-state index < -0.39 is 15.4 Å². The van der Waals surface area contributed by atoms with Crippen molar-refractivity contribution in [1.29, 1.82) is 0 Å². The predicted octanol–water partition coefficient (Wildman–Crippen LogP) is 1.65. The minimum absolute atomic E-state index is 0.0335. The number of nitrogens with zero attached hydrogens (tertiary/aromatic N) is 1. The highest BCUT2D eigenvalue weighted by molar-refractivity contribution is 7.91. The third-order valence-electron chi connectivity index (χ3n) is 4.48. The molecule has 2 heterocycles. The maximum absolute atomic E-state index is 12.5. The van der Waals surface area contributed by atoms with Crippen LogP contribution in [-0.2, 0) is 9.84 Å². The smallest absolute Gasteiger partial charge is 0.251 e. The molecule has 0 radical (unpaired) electrons. The largest absolute Gasteiger partial charge is 0.492 e. The molecule has 2 aromatic rings. The van der Waals surface area contributed by atoms with Crippen LogP contribution >= 0.6 is 0 Å². The van der Waals surface area contributed by atoms with Crippen molar-refractivity contribution in [3.8, 4) is 17.0 Å². The van der Waals surface area contributed by atoms with Crippen molar-refractivity contribution >= 4 is 21.4 Å². The first-order valence-electron chi connectivity index (χ1n) is 8.15. The molecule has 1 atom stereocenters. The third-order valence-corrected chi connectivity index (χ3v) is 6.38. The highest BCUT2D eigenvalue weighted by Crippen LogP contribution is 2.32. The summed E-state index contributed by atoms with van der Waals surface area (Å²) < 4.78 is 28.7. The van der Waals surface area contributed by atoms with Gasteiger partial charge in [0, 0.05) is 17.3 Å². The van der Waals surface area contributed by atoms with Crippen LogP contribution in [-0.4, -0.2) is 43.5 Å². The van der Waals surface area contributed by atoms with Gasteiger partial charge in [-0.2, -0.15) is 0 Å². The van der Waals surface area contributed by atoms with Crippen molar-refractivity contribution in [1.82, 2.24) is 10.3 Å². The number of methoxy groups -OCH3 is 1. The lowest BCUT2D eigenvalue weighted by molar-refractivity contribution is 0.0915. The number of anilines is 1. The van der Waals surface area contributed by atoms with Gasteiger partial charge in [-0.1, -0.05) is 12.1 Å². The molecule has 8 heteroatoms. The van der Waals surface area contributed by atoms with E-state index >= 15 is 0 Å². The summed E-state index contributed by atoms with van der Waals surface area (Å²) in [4.78, 5) is 16.8. The van der Waals surface area contributed by atoms with Crippen molar-refractivity contribution in [3.63, 3.8) is 0 Å². The number of pyridine rings is 1. The van der Waals surface area contributed by atoms with E-state index in [4.69, 9.17) is 10.5 Å². The highest BCUT2D eigenvalue weighted by atomic mass is 32.2. The number of nitrogens with two attached hydrogens (primary N) is 1. The van der Waals surface area contributed by atoms with E-state index in [0.29, 0.717) is 29.1 Å². The molecule has 1 amide bonds. The summed E-state index contributed by atoms with van der Waals surface area (Å²) in [5.74, 6) is 0.245. The van der Waals surface area contributed by atoms with E-state index in [1.165, 1.54) is 7.11 Å². The van der Waals surface area contributed by atoms with Gasteiger partial charge < -0.3 is 15.8 Å². The number of rotatable bonds is 4. The van der Waals surface area contributed by atoms with Gasteiger partial charge >= 0.3 is 0 Å². The third kappa shape index (κ3) is 3.65. The molecular formula is C18H21N3O4S. The van der Waals surface area contributed by atoms with Crippen LogP contribution in [0.1, 0.15) is 23.7 Å². The van der Waals surface area contributed by atoms with Crippen molar-refractivity contribution in [2.45, 2.75) is 18.9 Å². The molecular weight excluding hydrogens is 354 g/mol. The molecule has 138 valence electrons. The number of hydrogen-bond donors (Lipinski definition) is 2. The Kier molecular flexibility index (Phi) is 4.62. The second-order valence-electron chi connectivity index (χ2n) is 6.72. The zero-order chi connectivity index (χ0) is 18.9. The maximum Gasteiger partial charge on any atom is 0.251 e. The van der Waals surface area contributed by atoms with Crippen LogP contribution in [0.4, 0.5) is 5.69 Å². The normalized spacial score (nSPS) is 21.3. The molecule has 1 fully saturated rings. The zero-order valence-corrected chi connectivity index (χ0v) is 15.5. The van der Waals surface area contributed by atoms with Crippen LogP contribution in [0.2, 0.25) is 0 Å². The lowest BCUT2D eigenvalue weighted by Gasteiger charge is -2.23. The van der Waals surface area contributed by atoms with Gasteiger partial charge in [-0.3, -0.25) is 9.78 Å². The molecule has 0 aliphatic carbocycles. The Balaban J connectivity index is 1.80. The first-order valence-corrected chi connectivity index (χ1v) is 9.97. The second kappa shape index (κ2) is 6.60. The van der Waals surface area contributed by atoms with Gasteiger partial charge in [0.1, 0.15) is 5.69 Å². The SMILES string of the molecule is COc1c(N)ccnc1-c1ccc(C(=O)N[C@]2(C)CCS(=O)(=O)C2)cc1. The number of nitrogens with one attached hydrogen (secondary N) is 1. The minimum Gasteiger partial charge on any atom is -0.492 e. The Morgan fingerprint density at radius 3 is 2.54 bits per heavy atom. The van der Waals surface area contributed by atoms with Crippen LogP contribution in [0, 0.1) is 0 Å². The maximum atomic E-state index is 12.5. The summed E-state index contributed by atoms with van der Waals surface area (Å²) in [5, 5.41) is 2.84. The molecule has 0 unspecified atom stereocenters. The average molecular weight is 375 g/mol. The Hall–Kier alpha value is -2.61. The van der Waals surface area contributed by atoms with Crippen LogP contribution < -0.4 is 15.8 Å². The number of hydrogen-bond acceptors (Lipinski definition) is 6. The fourth-order valence-corrected chi connectivity index (χ4v) is 5.21. The molecule has 0 bridgehead atoms. The molecule has 1 aromatic carbocycles. The summed E-state index contributed by atoms with van der Waals surface area (Å²) in [6.07, 6.45) is 2.01. The van der Waals surface area contributed by atoms with Crippen molar-refractivity contribution in [2.24, 2.45) is 0 Å². The van der Waals surface area contributed by atoms with Crippen LogP contribution in [0.15, 0.2) is 36.5 Å². The Bertz CT molecular complexity index is 941. The summed E-state index contributed by atoms with van der Waals surface area (Å²) in [7, 11) is -1.56. The van der Waals surface area contributed by atoms with E-state index in [0.717, 1.165) is 5.56 Å². The number of benzene rings is 1. The van der Waals surface area contributed by atoms with Crippen LogP contribution in [0.25, 0.3) is 11.3 Å². The molecule has 1 aliphatic heterocycles. The Morgan fingerprint density at radius 1 is 1.27 bits per heavy atom. The first-order chi connectivity index (χ1) is 12.2. The lowest BCUT2D eigenvalue weighted by atomic mass is 10.0. The number of carbonyl (C=O) groups is 1. The van der Waals surface area contributed by atoms with Crippen molar-refractivity contribution in [3.05, 3.63) is 42.1 Å². The average Bonchev–Trinajstić information content (AvgIpc) is 2.87. The number of nitrogen functional groups attached to an aromatic ring is 1. The topological polar surface area (TPSA) is 111 Å². The quantitative estimate of drug-likeness (QED) is 0.840. The lowest BCUT2D eigenvalue weighted by Crippen LogP contribution is -2.46. The van der Waals surface area contributed by atoms with Gasteiger partial charge in [-0.15, -0.1) is 0 Å². The van der Waals surface area contributed by atoms with Gasteiger partial charge in [0.05, 0.1) is 29.8 Å². The van der Waals surface area contributed by atoms with E-state index in [2.05, 4.69) is 10.3 Å². The molecule has 1 aliphatic rings. The molecule has 26 heavy (non-hydrogen) atoms. The fraction of sp³-hybridized carbons (Fsp3) is 0.333. The first kappa shape index (κ1) is 18.2. The molecule has 1 aromatic heterocycles. The fourth-order valence-electron chi connectivity index (χ4n) is 3.12. The van der Waals surface area contributed by atoms with Gasteiger partial charge in [0.15, 0.2) is 15.6 Å². The van der Waals surface area contributed by atoms with E-state index in [9.17, 15) is 13.2 Å². The van der Waals surface area contributed by atoms with Gasteiger partial charge in [-0.25, -0.2) is 8.42 Å². The predicted molar refractivity (Wildman–Crippen MR) is 99.8 cm³/mol. The molecule has 1 saturated heterocycles. The Labute approximate surface area is 152 Å². The van der Waals surface area contributed by atoms with Crippen LogP contribution in [0.5, 0.6) is 5.75 Å². The minimum atomic E-state index is -3.08. The van der Waals surface area contributed by atoms with Gasteiger partial charge in [-0.05, 0) is 31.5 Å². The summed E-state index contributed by atoms with van der Waals surface area (Å²) >= 11 is 0. The highest BCUT2D eigenvalue weighted by Gasteiger charge is 2.39. The number of aromatic nitrogens is 1. The summed E-state index contributed by atoms with van der Waals surface area (Å²) in [6.45, 7) is 1.76. The number of carbonyl (C=O) groups excluding carboxylic acids is 1. The van der Waals surface area contributed by atoms with E-state index in [1.807, 2.05) is 0 Å². The molecule has 3 N–H and O–H groups in total. The standard InChI is InChI=1S/C18H21N3O4S/c1-18(8-10-26(23,24)11-18)21-17(22)13-5-3-12(4-6-13)15-16(25-2)14(19)7-9-20-15/h3-7,9H,8,10-11H2,1-2H3,(H2,19,20)(H,21,22)/t18-/m1/s1. The van der Waals surface area contributed by atoms with E-state index in [-0.39, 0.29) is 17.4 Å². The number of amides is 1. The monoisotopic (exact) mass is 375 g/mol. The van der Waals surface area contributed by atoms with Gasteiger partial charge in [0.2, 0.25) is 0 Å². The van der Waals surface area contributed by atoms with Crippen molar-refractivity contribution in [2.75, 3.05) is 24.3 Å². The number of sulfone groups is 1. The molecule has 0 saturated carbocycles. The molecule has 3 rings (SSSR count). The zero-order valence-electron chi connectivity index (χ0n) is 14.7. The Morgan fingerprint density at radius 2 is 1.96 bits per heavy atom. The second-order valence-corrected chi connectivity index (χ2v) is 8.90. The number of ether oxygens (including phenoxy) is 1. The molecule has 7 nitrogen and oxygen atoms in total. The van der Waals surface area contributed by atoms with Crippen LogP contribution in [0.3, 0.4) is 0 Å². The van der Waals surface area contributed by atoms with E-state index in [1.54, 1.807) is 43.5 Å². The summed E-state index contributed by atoms with van der Waals surface area (Å²) in [6, 6.07) is 8.50. The summed E-state index contributed by atoms with van der Waals surface area (Å²) in [5.41, 5.74) is 7.45. The van der Waals surface area contributed by atoms with Gasteiger partial charge in [0.25, 0.3) is 5.91 Å². The van der Waals surface area contributed by atoms with Crippen molar-refractivity contribution < 1.29 is 17.9 Å².